The van der Waals surface area contributed by atoms with Crippen molar-refractivity contribution in [3.05, 3.63) is 35.8 Å². The van der Waals surface area contributed by atoms with Crippen LogP contribution in [0.2, 0.25) is 0 Å². The zero-order chi connectivity index (χ0) is 15.8. The smallest absolute Gasteiger partial charge is 0.267 e. The lowest BCUT2D eigenvalue weighted by Crippen LogP contribution is -2.33. The number of rotatable bonds is 8. The monoisotopic (exact) mass is 320 g/mol. The maximum Gasteiger partial charge on any atom is 0.267 e. The van der Waals surface area contributed by atoms with Crippen molar-refractivity contribution in [2.45, 2.75) is 32.3 Å². The number of methoxy groups -OCH3 is 1. The number of hydrogen-bond acceptors (Lipinski definition) is 5. The third kappa shape index (κ3) is 4.73. The van der Waals surface area contributed by atoms with Gasteiger partial charge in [0.05, 0.1) is 7.11 Å². The van der Waals surface area contributed by atoms with Gasteiger partial charge in [-0.3, -0.25) is 10.1 Å². The zero-order valence-electron chi connectivity index (χ0n) is 12.7. The van der Waals surface area contributed by atoms with Crippen LogP contribution in [0, 0.1) is 0 Å². The Morgan fingerprint density at radius 1 is 1.32 bits per heavy atom. The van der Waals surface area contributed by atoms with Gasteiger partial charge < -0.3 is 9.47 Å². The number of benzene rings is 1. The second kappa shape index (κ2) is 8.38. The molecule has 1 N–H and O–H groups in total. The van der Waals surface area contributed by atoms with Crippen molar-refractivity contribution < 1.29 is 14.3 Å². The summed E-state index contributed by atoms with van der Waals surface area (Å²) in [6.07, 6.45) is 3.72. The number of amides is 1. The molecule has 22 heavy (non-hydrogen) atoms. The molecule has 118 valence electrons. The van der Waals surface area contributed by atoms with Crippen LogP contribution in [-0.2, 0) is 4.79 Å². The van der Waals surface area contributed by atoms with Gasteiger partial charge in [-0.15, -0.1) is 11.3 Å². The molecule has 0 aliphatic carbocycles. The van der Waals surface area contributed by atoms with E-state index in [9.17, 15) is 4.79 Å². The van der Waals surface area contributed by atoms with Gasteiger partial charge >= 0.3 is 0 Å². The number of hydrogen-bond donors (Lipinski definition) is 1. The molecule has 1 atom stereocenters. The third-order valence-electron chi connectivity index (χ3n) is 3.11. The zero-order valence-corrected chi connectivity index (χ0v) is 13.6. The highest BCUT2D eigenvalue weighted by Gasteiger charge is 2.20. The summed E-state index contributed by atoms with van der Waals surface area (Å²) in [5.41, 5.74) is 0. The molecule has 0 bridgehead atoms. The molecule has 6 heteroatoms. The molecule has 2 aromatic rings. The number of carbonyl (C=O) groups excluding carboxylic acids is 1. The summed E-state index contributed by atoms with van der Waals surface area (Å²) in [5.74, 6) is 1.24. The first-order chi connectivity index (χ1) is 10.7. The average molecular weight is 320 g/mol. The molecular formula is C16H20N2O3S. The SMILES string of the molecule is CCCCC(Oc1ccc(OC)cc1)C(=O)Nc1nccs1. The van der Waals surface area contributed by atoms with E-state index in [4.69, 9.17) is 9.47 Å². The van der Waals surface area contributed by atoms with Crippen LogP contribution in [0.1, 0.15) is 26.2 Å². The van der Waals surface area contributed by atoms with Gasteiger partial charge in [0.25, 0.3) is 5.91 Å². The van der Waals surface area contributed by atoms with Gasteiger partial charge in [0, 0.05) is 11.6 Å². The first-order valence-corrected chi connectivity index (χ1v) is 8.12. The van der Waals surface area contributed by atoms with Gasteiger partial charge in [-0.25, -0.2) is 4.98 Å². The quantitative estimate of drug-likeness (QED) is 0.805. The Hall–Kier alpha value is -2.08. The van der Waals surface area contributed by atoms with E-state index in [2.05, 4.69) is 17.2 Å². The Morgan fingerprint density at radius 2 is 2.05 bits per heavy atom. The maximum atomic E-state index is 12.3. The highest BCUT2D eigenvalue weighted by atomic mass is 32.1. The van der Waals surface area contributed by atoms with Crippen molar-refractivity contribution in [3.8, 4) is 11.5 Å². The van der Waals surface area contributed by atoms with E-state index >= 15 is 0 Å². The van der Waals surface area contributed by atoms with Crippen molar-refractivity contribution in [3.63, 3.8) is 0 Å². The fourth-order valence-corrected chi connectivity index (χ4v) is 2.45. The standard InChI is InChI=1S/C16H20N2O3S/c1-3-4-5-14(15(19)18-16-17-10-11-22-16)21-13-8-6-12(20-2)7-9-13/h6-11,14H,3-5H2,1-2H3,(H,17,18,19). The van der Waals surface area contributed by atoms with Gasteiger partial charge in [0.2, 0.25) is 0 Å². The minimum atomic E-state index is -0.530. The summed E-state index contributed by atoms with van der Waals surface area (Å²) in [6.45, 7) is 2.09. The normalized spacial score (nSPS) is 11.7. The van der Waals surface area contributed by atoms with Crippen molar-refractivity contribution in [2.75, 3.05) is 12.4 Å². The molecule has 2 rings (SSSR count). The number of thiazole rings is 1. The predicted octanol–water partition coefficient (Wildman–Crippen LogP) is 3.73. The van der Waals surface area contributed by atoms with E-state index in [1.54, 1.807) is 25.4 Å². The first kappa shape index (κ1) is 16.3. The first-order valence-electron chi connectivity index (χ1n) is 7.24. The third-order valence-corrected chi connectivity index (χ3v) is 3.80. The number of nitrogens with one attached hydrogen (secondary N) is 1. The fourth-order valence-electron chi connectivity index (χ4n) is 1.92. The van der Waals surface area contributed by atoms with Crippen molar-refractivity contribution >= 4 is 22.4 Å². The van der Waals surface area contributed by atoms with E-state index in [0.29, 0.717) is 17.3 Å². The van der Waals surface area contributed by atoms with Crippen LogP contribution in [0.5, 0.6) is 11.5 Å². The fraction of sp³-hybridized carbons (Fsp3) is 0.375. The van der Waals surface area contributed by atoms with Crippen molar-refractivity contribution in [1.29, 1.82) is 0 Å². The number of unbranched alkanes of at least 4 members (excludes halogenated alkanes) is 1. The van der Waals surface area contributed by atoms with E-state index in [1.165, 1.54) is 11.3 Å². The Kier molecular flexibility index (Phi) is 6.21. The molecule has 1 aromatic carbocycles. The van der Waals surface area contributed by atoms with Gasteiger partial charge in [-0.1, -0.05) is 13.3 Å². The van der Waals surface area contributed by atoms with Crippen LogP contribution in [-0.4, -0.2) is 24.1 Å². The topological polar surface area (TPSA) is 60.5 Å². The van der Waals surface area contributed by atoms with E-state index in [1.807, 2.05) is 17.5 Å². The molecule has 0 radical (unpaired) electrons. The van der Waals surface area contributed by atoms with Gasteiger partial charge in [-0.2, -0.15) is 0 Å². The minimum Gasteiger partial charge on any atom is -0.497 e. The molecule has 1 heterocycles. The van der Waals surface area contributed by atoms with Crippen LogP contribution in [0.25, 0.3) is 0 Å². The molecule has 0 aliphatic heterocycles. The van der Waals surface area contributed by atoms with Crippen LogP contribution in [0.3, 0.4) is 0 Å². The molecule has 0 spiro atoms. The Labute approximate surface area is 134 Å². The second-order valence-corrected chi connectivity index (χ2v) is 5.65. The summed E-state index contributed by atoms with van der Waals surface area (Å²) in [7, 11) is 1.61. The molecule has 1 amide bonds. The average Bonchev–Trinajstić information content (AvgIpc) is 3.04. The van der Waals surface area contributed by atoms with Crippen LogP contribution < -0.4 is 14.8 Å². The number of carbonyl (C=O) groups is 1. The van der Waals surface area contributed by atoms with Crippen molar-refractivity contribution in [2.24, 2.45) is 0 Å². The molecule has 0 saturated heterocycles. The lowest BCUT2D eigenvalue weighted by molar-refractivity contribution is -0.123. The van der Waals surface area contributed by atoms with E-state index in [0.717, 1.165) is 18.6 Å². The van der Waals surface area contributed by atoms with E-state index in [-0.39, 0.29) is 5.91 Å². The maximum absolute atomic E-state index is 12.3. The lowest BCUT2D eigenvalue weighted by Gasteiger charge is -2.18. The summed E-state index contributed by atoms with van der Waals surface area (Å²) in [5, 5.41) is 5.20. The molecule has 5 nitrogen and oxygen atoms in total. The summed E-state index contributed by atoms with van der Waals surface area (Å²) in [4.78, 5) is 16.4. The van der Waals surface area contributed by atoms with Gasteiger partial charge in [-0.05, 0) is 37.1 Å². The molecular weight excluding hydrogens is 300 g/mol. The Bertz CT molecular complexity index is 570. The predicted molar refractivity (Wildman–Crippen MR) is 87.7 cm³/mol. The number of aromatic nitrogens is 1. The number of nitrogens with zero attached hydrogens (tertiary/aromatic N) is 1. The van der Waals surface area contributed by atoms with Gasteiger partial charge in [0.15, 0.2) is 11.2 Å². The molecule has 0 aliphatic rings. The van der Waals surface area contributed by atoms with Crippen LogP contribution in [0.15, 0.2) is 35.8 Å². The number of ether oxygens (including phenoxy) is 2. The van der Waals surface area contributed by atoms with E-state index < -0.39 is 6.10 Å². The summed E-state index contributed by atoms with van der Waals surface area (Å²) < 4.78 is 11.0. The molecule has 0 fully saturated rings. The highest BCUT2D eigenvalue weighted by molar-refractivity contribution is 7.13. The van der Waals surface area contributed by atoms with Crippen LogP contribution in [0.4, 0.5) is 5.13 Å². The summed E-state index contributed by atoms with van der Waals surface area (Å²) >= 11 is 1.39. The van der Waals surface area contributed by atoms with Crippen molar-refractivity contribution in [1.82, 2.24) is 4.98 Å². The largest absolute Gasteiger partial charge is 0.497 e. The Morgan fingerprint density at radius 3 is 2.64 bits per heavy atom. The summed E-state index contributed by atoms with van der Waals surface area (Å²) in [6, 6.07) is 7.22. The molecule has 1 aromatic heterocycles. The molecule has 1 unspecified atom stereocenters. The highest BCUT2D eigenvalue weighted by Crippen LogP contribution is 2.20. The minimum absolute atomic E-state index is 0.167. The van der Waals surface area contributed by atoms with Gasteiger partial charge in [0.1, 0.15) is 11.5 Å². The lowest BCUT2D eigenvalue weighted by atomic mass is 10.1. The molecule has 0 saturated carbocycles. The Balaban J connectivity index is 2.02. The number of anilines is 1. The van der Waals surface area contributed by atoms with Crippen LogP contribution >= 0.6 is 11.3 Å². The second-order valence-electron chi connectivity index (χ2n) is 4.75.